The Hall–Kier alpha value is -1.10. The number of likely N-dealkylation sites (tertiary alicyclic amines) is 1. The Balaban J connectivity index is 1.79. The summed E-state index contributed by atoms with van der Waals surface area (Å²) in [6.07, 6.45) is 1.08. The fraction of sp³-hybridized carbons (Fsp3) is 0.625. The average molecular weight is 279 g/mol. The van der Waals surface area contributed by atoms with Crippen molar-refractivity contribution < 1.29 is 14.9 Å². The molecule has 2 rings (SSSR count). The Morgan fingerprint density at radius 3 is 2.95 bits per heavy atom. The summed E-state index contributed by atoms with van der Waals surface area (Å²) in [5.41, 5.74) is 2.23. The van der Waals surface area contributed by atoms with E-state index in [-0.39, 0.29) is 12.7 Å². The molecule has 1 aliphatic heterocycles. The highest BCUT2D eigenvalue weighted by atomic mass is 16.5. The van der Waals surface area contributed by atoms with Crippen LogP contribution in [-0.4, -0.2) is 53.6 Å². The number of rotatable bonds is 5. The van der Waals surface area contributed by atoms with E-state index in [1.54, 1.807) is 0 Å². The van der Waals surface area contributed by atoms with E-state index in [2.05, 4.69) is 4.90 Å². The number of nitrogens with zero attached hydrogens (tertiary/aromatic N) is 1. The Kier molecular flexibility index (Phi) is 5.40. The van der Waals surface area contributed by atoms with Crippen molar-refractivity contribution in [2.75, 3.05) is 26.2 Å². The molecular formula is C16H25NO3. The van der Waals surface area contributed by atoms with Gasteiger partial charge in [0.05, 0.1) is 6.10 Å². The van der Waals surface area contributed by atoms with Crippen LogP contribution in [0, 0.1) is 13.8 Å². The SMILES string of the molecule is Cc1ccc(C)c(OCC(O)CN2CCCC(O)C2)c1. The molecule has 2 unspecified atom stereocenters. The van der Waals surface area contributed by atoms with Gasteiger partial charge in [-0.1, -0.05) is 12.1 Å². The first-order valence-corrected chi connectivity index (χ1v) is 7.33. The quantitative estimate of drug-likeness (QED) is 0.857. The molecule has 1 saturated heterocycles. The van der Waals surface area contributed by atoms with Crippen molar-refractivity contribution in [1.29, 1.82) is 0 Å². The van der Waals surface area contributed by atoms with E-state index in [0.29, 0.717) is 13.1 Å². The molecule has 1 heterocycles. The third kappa shape index (κ3) is 4.47. The second-order valence-electron chi connectivity index (χ2n) is 5.79. The molecular weight excluding hydrogens is 254 g/mol. The zero-order chi connectivity index (χ0) is 14.5. The number of piperidine rings is 1. The third-order valence-electron chi connectivity index (χ3n) is 3.72. The van der Waals surface area contributed by atoms with Crippen LogP contribution in [0.2, 0.25) is 0 Å². The average Bonchev–Trinajstić information content (AvgIpc) is 2.40. The molecule has 20 heavy (non-hydrogen) atoms. The molecule has 0 aliphatic carbocycles. The van der Waals surface area contributed by atoms with Crippen molar-refractivity contribution in [3.63, 3.8) is 0 Å². The van der Waals surface area contributed by atoms with Gasteiger partial charge < -0.3 is 14.9 Å². The number of aryl methyl sites for hydroxylation is 2. The predicted octanol–water partition coefficient (Wildman–Crippen LogP) is 1.50. The molecule has 112 valence electrons. The first-order chi connectivity index (χ1) is 9.54. The molecule has 4 nitrogen and oxygen atoms in total. The molecule has 0 bridgehead atoms. The lowest BCUT2D eigenvalue weighted by Gasteiger charge is -2.31. The van der Waals surface area contributed by atoms with Gasteiger partial charge in [-0.25, -0.2) is 0 Å². The van der Waals surface area contributed by atoms with Crippen molar-refractivity contribution in [1.82, 2.24) is 4.90 Å². The van der Waals surface area contributed by atoms with Crippen molar-refractivity contribution in [2.45, 2.75) is 38.9 Å². The summed E-state index contributed by atoms with van der Waals surface area (Å²) < 4.78 is 5.71. The molecule has 4 heteroatoms. The van der Waals surface area contributed by atoms with Gasteiger partial charge in [-0.15, -0.1) is 0 Å². The van der Waals surface area contributed by atoms with E-state index in [0.717, 1.165) is 36.3 Å². The maximum absolute atomic E-state index is 10.1. The van der Waals surface area contributed by atoms with Gasteiger partial charge in [-0.2, -0.15) is 0 Å². The Bertz CT molecular complexity index is 436. The minimum Gasteiger partial charge on any atom is -0.491 e. The number of ether oxygens (including phenoxy) is 1. The number of aliphatic hydroxyl groups is 2. The molecule has 0 radical (unpaired) electrons. The van der Waals surface area contributed by atoms with Crippen LogP contribution in [0.5, 0.6) is 5.75 Å². The molecule has 1 aliphatic rings. The second kappa shape index (κ2) is 7.07. The fourth-order valence-corrected chi connectivity index (χ4v) is 2.60. The number of hydrogen-bond donors (Lipinski definition) is 2. The van der Waals surface area contributed by atoms with Gasteiger partial charge in [0.15, 0.2) is 0 Å². The highest BCUT2D eigenvalue weighted by Gasteiger charge is 2.20. The second-order valence-corrected chi connectivity index (χ2v) is 5.79. The van der Waals surface area contributed by atoms with Crippen LogP contribution >= 0.6 is 0 Å². The Labute approximate surface area is 121 Å². The van der Waals surface area contributed by atoms with Gasteiger partial charge >= 0.3 is 0 Å². The lowest BCUT2D eigenvalue weighted by Crippen LogP contribution is -2.43. The standard InChI is InChI=1S/C16H25NO3/c1-12-5-6-13(2)16(8-12)20-11-15(19)10-17-7-3-4-14(18)9-17/h5-6,8,14-15,18-19H,3-4,7,9-11H2,1-2H3. The molecule has 1 fully saturated rings. The first kappa shape index (κ1) is 15.3. The zero-order valence-corrected chi connectivity index (χ0v) is 12.4. The molecule has 0 aromatic heterocycles. The van der Waals surface area contributed by atoms with Crippen LogP contribution in [0.3, 0.4) is 0 Å². The van der Waals surface area contributed by atoms with Crippen LogP contribution in [0.15, 0.2) is 18.2 Å². The summed E-state index contributed by atoms with van der Waals surface area (Å²) in [6, 6.07) is 6.07. The van der Waals surface area contributed by atoms with Crippen LogP contribution in [0.4, 0.5) is 0 Å². The number of β-amino-alcohol motifs (C(OH)–C–C–N with tert-alkyl or cyclic N) is 2. The molecule has 1 aromatic rings. The lowest BCUT2D eigenvalue weighted by atomic mass is 10.1. The molecule has 0 spiro atoms. The van der Waals surface area contributed by atoms with E-state index < -0.39 is 6.10 Å². The minimum atomic E-state index is -0.528. The summed E-state index contributed by atoms with van der Waals surface area (Å²) in [5, 5.41) is 19.7. The zero-order valence-electron chi connectivity index (χ0n) is 12.4. The minimum absolute atomic E-state index is 0.254. The Morgan fingerprint density at radius 1 is 1.40 bits per heavy atom. The van der Waals surface area contributed by atoms with E-state index in [1.165, 1.54) is 0 Å². The normalized spacial score (nSPS) is 21.7. The van der Waals surface area contributed by atoms with Crippen molar-refractivity contribution in [3.8, 4) is 5.75 Å². The maximum atomic E-state index is 10.1. The van der Waals surface area contributed by atoms with Gasteiger partial charge in [-0.3, -0.25) is 4.90 Å². The van der Waals surface area contributed by atoms with Crippen molar-refractivity contribution in [3.05, 3.63) is 29.3 Å². The topological polar surface area (TPSA) is 52.9 Å². The lowest BCUT2D eigenvalue weighted by molar-refractivity contribution is 0.0242. The molecule has 1 aromatic carbocycles. The fourth-order valence-electron chi connectivity index (χ4n) is 2.60. The van der Waals surface area contributed by atoms with E-state index >= 15 is 0 Å². The van der Waals surface area contributed by atoms with Crippen LogP contribution < -0.4 is 4.74 Å². The van der Waals surface area contributed by atoms with Crippen LogP contribution in [0.1, 0.15) is 24.0 Å². The number of hydrogen-bond acceptors (Lipinski definition) is 4. The van der Waals surface area contributed by atoms with E-state index in [4.69, 9.17) is 4.74 Å². The number of benzene rings is 1. The first-order valence-electron chi connectivity index (χ1n) is 7.33. The molecule has 0 saturated carbocycles. The van der Waals surface area contributed by atoms with Gasteiger partial charge in [-0.05, 0) is 50.4 Å². The number of aliphatic hydroxyl groups excluding tert-OH is 2. The highest BCUT2D eigenvalue weighted by Crippen LogP contribution is 2.19. The highest BCUT2D eigenvalue weighted by molar-refractivity contribution is 5.35. The van der Waals surface area contributed by atoms with Crippen molar-refractivity contribution in [2.24, 2.45) is 0 Å². The monoisotopic (exact) mass is 279 g/mol. The van der Waals surface area contributed by atoms with Gasteiger partial charge in [0.25, 0.3) is 0 Å². The maximum Gasteiger partial charge on any atom is 0.122 e. The van der Waals surface area contributed by atoms with Crippen LogP contribution in [0.25, 0.3) is 0 Å². The molecule has 0 amide bonds. The molecule has 2 N–H and O–H groups in total. The summed E-state index contributed by atoms with van der Waals surface area (Å²) in [5.74, 6) is 0.836. The van der Waals surface area contributed by atoms with Gasteiger partial charge in [0.2, 0.25) is 0 Å². The summed E-state index contributed by atoms with van der Waals surface area (Å²) >= 11 is 0. The Morgan fingerprint density at radius 2 is 2.20 bits per heavy atom. The molecule has 2 atom stereocenters. The smallest absolute Gasteiger partial charge is 0.122 e. The third-order valence-corrected chi connectivity index (χ3v) is 3.72. The summed E-state index contributed by atoms with van der Waals surface area (Å²) in [7, 11) is 0. The van der Waals surface area contributed by atoms with Crippen LogP contribution in [-0.2, 0) is 0 Å². The largest absolute Gasteiger partial charge is 0.491 e. The van der Waals surface area contributed by atoms with Gasteiger partial charge in [0, 0.05) is 13.1 Å². The predicted molar refractivity (Wildman–Crippen MR) is 79.1 cm³/mol. The van der Waals surface area contributed by atoms with Crippen molar-refractivity contribution >= 4 is 0 Å². The van der Waals surface area contributed by atoms with Gasteiger partial charge in [0.1, 0.15) is 18.5 Å². The van der Waals surface area contributed by atoms with E-state index in [1.807, 2.05) is 32.0 Å². The van der Waals surface area contributed by atoms with E-state index in [9.17, 15) is 10.2 Å². The summed E-state index contributed by atoms with van der Waals surface area (Å²) in [4.78, 5) is 2.10. The summed E-state index contributed by atoms with van der Waals surface area (Å²) in [6.45, 7) is 6.47.